The van der Waals surface area contributed by atoms with Crippen LogP contribution in [0.5, 0.6) is 0 Å². The van der Waals surface area contributed by atoms with Gasteiger partial charge >= 0.3 is 0 Å². The SMILES string of the molecule is Cc1cc(Cl)cc(Cl)c1S(=O)(=O)Nc1nnc(CCN2CCOCC2=O)s1. The highest BCUT2D eigenvalue weighted by atomic mass is 35.5. The third-order valence-electron chi connectivity index (χ3n) is 3.83. The molecule has 0 radical (unpaired) electrons. The number of nitrogens with one attached hydrogen (secondary N) is 1. The summed E-state index contributed by atoms with van der Waals surface area (Å²) in [6.45, 7) is 3.21. The molecule has 1 aliphatic rings. The molecule has 8 nitrogen and oxygen atoms in total. The quantitative estimate of drug-likeness (QED) is 0.724. The Morgan fingerprint density at radius 1 is 1.33 bits per heavy atom. The van der Waals surface area contributed by atoms with E-state index in [1.54, 1.807) is 11.8 Å². The van der Waals surface area contributed by atoms with Gasteiger partial charge in [0.05, 0.1) is 11.6 Å². The van der Waals surface area contributed by atoms with Crippen molar-refractivity contribution in [2.24, 2.45) is 0 Å². The number of rotatable bonds is 6. The van der Waals surface area contributed by atoms with Gasteiger partial charge in [-0.3, -0.25) is 9.52 Å². The van der Waals surface area contributed by atoms with E-state index < -0.39 is 10.0 Å². The maximum absolute atomic E-state index is 12.6. The van der Waals surface area contributed by atoms with Crippen molar-refractivity contribution in [3.8, 4) is 0 Å². The van der Waals surface area contributed by atoms with Crippen LogP contribution in [0.3, 0.4) is 0 Å². The summed E-state index contributed by atoms with van der Waals surface area (Å²) < 4.78 is 32.8. The molecule has 1 aliphatic heterocycles. The van der Waals surface area contributed by atoms with Crippen LogP contribution in [-0.2, 0) is 26.0 Å². The predicted octanol–water partition coefficient (Wildman–Crippen LogP) is 2.36. The van der Waals surface area contributed by atoms with Crippen molar-refractivity contribution in [2.45, 2.75) is 18.2 Å². The molecule has 1 saturated heterocycles. The van der Waals surface area contributed by atoms with Crippen LogP contribution in [0, 0.1) is 6.92 Å². The first-order valence-corrected chi connectivity index (χ1v) is 11.0. The van der Waals surface area contributed by atoms with Crippen LogP contribution in [0.4, 0.5) is 5.13 Å². The second-order valence-corrected chi connectivity index (χ2v) is 9.35. The van der Waals surface area contributed by atoms with Gasteiger partial charge in [0, 0.05) is 24.5 Å². The van der Waals surface area contributed by atoms with Gasteiger partial charge in [0.2, 0.25) is 11.0 Å². The highest BCUT2D eigenvalue weighted by molar-refractivity contribution is 7.93. The van der Waals surface area contributed by atoms with Gasteiger partial charge in [-0.15, -0.1) is 10.2 Å². The van der Waals surface area contributed by atoms with Gasteiger partial charge in [-0.1, -0.05) is 34.5 Å². The molecule has 1 amide bonds. The number of sulfonamides is 1. The minimum atomic E-state index is -3.94. The Balaban J connectivity index is 1.69. The van der Waals surface area contributed by atoms with Crippen molar-refractivity contribution in [3.63, 3.8) is 0 Å². The molecule has 146 valence electrons. The van der Waals surface area contributed by atoms with Crippen LogP contribution in [0.15, 0.2) is 17.0 Å². The highest BCUT2D eigenvalue weighted by Crippen LogP contribution is 2.31. The van der Waals surface area contributed by atoms with E-state index in [1.165, 1.54) is 12.1 Å². The summed E-state index contributed by atoms with van der Waals surface area (Å²) in [6.07, 6.45) is 0.478. The number of morpholine rings is 1. The van der Waals surface area contributed by atoms with Gasteiger partial charge in [-0.25, -0.2) is 8.42 Å². The van der Waals surface area contributed by atoms with Crippen LogP contribution in [-0.4, -0.2) is 55.7 Å². The van der Waals surface area contributed by atoms with Gasteiger partial charge in [0.15, 0.2) is 0 Å². The summed E-state index contributed by atoms with van der Waals surface area (Å²) >= 11 is 13.1. The zero-order valence-corrected chi connectivity index (χ0v) is 17.4. The number of carbonyl (C=O) groups excluding carboxylic acids is 1. The molecule has 3 rings (SSSR count). The van der Waals surface area contributed by atoms with Gasteiger partial charge < -0.3 is 9.64 Å². The monoisotopic (exact) mass is 450 g/mol. The molecule has 2 heterocycles. The summed E-state index contributed by atoms with van der Waals surface area (Å²) in [5.74, 6) is -0.0699. The predicted molar refractivity (Wildman–Crippen MR) is 103 cm³/mol. The summed E-state index contributed by atoms with van der Waals surface area (Å²) in [4.78, 5) is 13.3. The maximum atomic E-state index is 12.6. The Morgan fingerprint density at radius 3 is 2.81 bits per heavy atom. The number of hydrogen-bond acceptors (Lipinski definition) is 7. The summed E-state index contributed by atoms with van der Waals surface area (Å²) in [6, 6.07) is 2.89. The third kappa shape index (κ3) is 4.88. The Kier molecular flexibility index (Phi) is 6.21. The van der Waals surface area contributed by atoms with E-state index in [2.05, 4.69) is 14.9 Å². The molecule has 1 aromatic heterocycles. The lowest BCUT2D eigenvalue weighted by Crippen LogP contribution is -2.42. The first-order chi connectivity index (χ1) is 12.8. The van der Waals surface area contributed by atoms with E-state index in [4.69, 9.17) is 27.9 Å². The number of benzene rings is 1. The number of ether oxygens (including phenoxy) is 1. The maximum Gasteiger partial charge on any atom is 0.265 e. The van der Waals surface area contributed by atoms with Crippen molar-refractivity contribution in [1.82, 2.24) is 15.1 Å². The van der Waals surface area contributed by atoms with Crippen LogP contribution in [0.25, 0.3) is 0 Å². The standard InChI is InChI=1S/C15H16Cl2N4O4S2/c1-9-6-10(16)7-11(17)14(9)27(23,24)20-15-19-18-12(26-15)2-3-21-4-5-25-8-13(21)22/h6-7H,2-5,8H2,1H3,(H,19,20). The van der Waals surface area contributed by atoms with Crippen molar-refractivity contribution in [3.05, 3.63) is 32.7 Å². The molecule has 2 aromatic rings. The number of anilines is 1. The Bertz CT molecular complexity index is 941. The molecule has 1 fully saturated rings. The number of hydrogen-bond donors (Lipinski definition) is 1. The average Bonchev–Trinajstić information content (AvgIpc) is 2.99. The molecule has 0 unspecified atom stereocenters. The first kappa shape index (κ1) is 20.3. The Hall–Kier alpha value is -1.46. The van der Waals surface area contributed by atoms with Gasteiger partial charge in [-0.05, 0) is 24.6 Å². The van der Waals surface area contributed by atoms with Gasteiger partial charge in [-0.2, -0.15) is 0 Å². The molecule has 0 saturated carbocycles. The van der Waals surface area contributed by atoms with Crippen LogP contribution in [0.1, 0.15) is 10.6 Å². The largest absolute Gasteiger partial charge is 0.370 e. The molecule has 0 spiro atoms. The minimum Gasteiger partial charge on any atom is -0.370 e. The molecule has 27 heavy (non-hydrogen) atoms. The van der Waals surface area contributed by atoms with Crippen molar-refractivity contribution in [2.75, 3.05) is 31.0 Å². The summed E-state index contributed by atoms with van der Waals surface area (Å²) in [5, 5.41) is 8.98. The Morgan fingerprint density at radius 2 is 2.11 bits per heavy atom. The number of carbonyl (C=O) groups is 1. The number of nitrogens with zero attached hydrogens (tertiary/aromatic N) is 3. The smallest absolute Gasteiger partial charge is 0.265 e. The topological polar surface area (TPSA) is 101 Å². The third-order valence-corrected chi connectivity index (χ3v) is 7.03. The molecule has 0 bridgehead atoms. The summed E-state index contributed by atoms with van der Waals surface area (Å²) in [7, 11) is -3.94. The Labute approximate surface area is 170 Å². The average molecular weight is 451 g/mol. The zero-order chi connectivity index (χ0) is 19.6. The fourth-order valence-corrected chi connectivity index (χ4v) is 5.76. The molecular weight excluding hydrogens is 435 g/mol. The first-order valence-electron chi connectivity index (χ1n) is 7.92. The second kappa shape index (κ2) is 8.27. The van der Waals surface area contributed by atoms with E-state index in [1.807, 2.05) is 0 Å². The lowest BCUT2D eigenvalue weighted by atomic mass is 10.2. The van der Waals surface area contributed by atoms with E-state index >= 15 is 0 Å². The lowest BCUT2D eigenvalue weighted by molar-refractivity contribution is -0.142. The molecular formula is C15H16Cl2N4O4S2. The second-order valence-electron chi connectivity index (χ2n) is 5.82. The normalized spacial score (nSPS) is 15.2. The summed E-state index contributed by atoms with van der Waals surface area (Å²) in [5.41, 5.74) is 0.426. The van der Waals surface area contributed by atoms with Crippen LogP contribution >= 0.6 is 34.5 Å². The number of aryl methyl sites for hydroxylation is 1. The molecule has 12 heteroatoms. The van der Waals surface area contributed by atoms with E-state index in [0.717, 1.165) is 11.3 Å². The molecule has 0 aliphatic carbocycles. The zero-order valence-electron chi connectivity index (χ0n) is 14.2. The molecule has 1 aromatic carbocycles. The van der Waals surface area contributed by atoms with E-state index in [0.29, 0.717) is 41.7 Å². The highest BCUT2D eigenvalue weighted by Gasteiger charge is 2.23. The van der Waals surface area contributed by atoms with Gasteiger partial charge in [0.25, 0.3) is 10.0 Å². The number of halogens is 2. The lowest BCUT2D eigenvalue weighted by Gasteiger charge is -2.26. The minimum absolute atomic E-state index is 0.0306. The fraction of sp³-hybridized carbons (Fsp3) is 0.400. The molecule has 1 N–H and O–H groups in total. The van der Waals surface area contributed by atoms with E-state index in [9.17, 15) is 13.2 Å². The van der Waals surface area contributed by atoms with Gasteiger partial charge in [0.1, 0.15) is 16.5 Å². The van der Waals surface area contributed by atoms with E-state index in [-0.39, 0.29) is 27.6 Å². The molecule has 0 atom stereocenters. The van der Waals surface area contributed by atoms with Crippen LogP contribution < -0.4 is 4.72 Å². The van der Waals surface area contributed by atoms with Crippen molar-refractivity contribution >= 4 is 55.6 Å². The fourth-order valence-electron chi connectivity index (χ4n) is 2.61. The number of aromatic nitrogens is 2. The number of amides is 1. The van der Waals surface area contributed by atoms with Crippen molar-refractivity contribution in [1.29, 1.82) is 0 Å². The van der Waals surface area contributed by atoms with Crippen LogP contribution in [0.2, 0.25) is 10.0 Å². The van der Waals surface area contributed by atoms with Crippen molar-refractivity contribution < 1.29 is 17.9 Å².